The van der Waals surface area contributed by atoms with Crippen molar-refractivity contribution in [2.75, 3.05) is 5.32 Å². The number of hydrogen-bond donors (Lipinski definition) is 1. The summed E-state index contributed by atoms with van der Waals surface area (Å²) in [5.41, 5.74) is 2.41. The molecular formula is C16H20ClN3O. The number of rotatable bonds is 3. The number of Topliss-reactive ketones (excluding diaryl/α,β-unsaturated/α-hetero) is 1. The average molecular weight is 306 g/mol. The molecule has 1 aliphatic rings. The largest absolute Gasteiger partial charge is 1.00 e. The number of hydrogen-bond acceptors (Lipinski definition) is 2. The Hall–Kier alpha value is -1.81. The summed E-state index contributed by atoms with van der Waals surface area (Å²) < 4.78 is 4.03. The van der Waals surface area contributed by atoms with Gasteiger partial charge >= 0.3 is 0 Å². The van der Waals surface area contributed by atoms with Crippen LogP contribution in [0.15, 0.2) is 36.7 Å². The molecule has 0 amide bonds. The number of carbonyl (C=O) groups is 1. The lowest BCUT2D eigenvalue weighted by Crippen LogP contribution is -3.00. The second kappa shape index (κ2) is 6.31. The summed E-state index contributed by atoms with van der Waals surface area (Å²) in [6, 6.07) is 8.16. The highest BCUT2D eigenvalue weighted by molar-refractivity contribution is 5.87. The van der Waals surface area contributed by atoms with E-state index < -0.39 is 0 Å². The van der Waals surface area contributed by atoms with Crippen LogP contribution in [-0.2, 0) is 24.8 Å². The van der Waals surface area contributed by atoms with Crippen molar-refractivity contribution in [3.05, 3.63) is 48.0 Å². The van der Waals surface area contributed by atoms with Crippen LogP contribution >= 0.6 is 0 Å². The molecule has 1 aromatic heterocycles. The molecule has 2 heterocycles. The van der Waals surface area contributed by atoms with Crippen LogP contribution in [0, 0.1) is 6.92 Å². The minimum absolute atomic E-state index is 0. The average Bonchev–Trinajstić information content (AvgIpc) is 2.78. The van der Waals surface area contributed by atoms with E-state index in [0.717, 1.165) is 24.4 Å². The third-order valence-electron chi connectivity index (χ3n) is 4.16. The predicted octanol–water partition coefficient (Wildman–Crippen LogP) is -1.38. The van der Waals surface area contributed by atoms with Gasteiger partial charge in [0.15, 0.2) is 12.3 Å². The van der Waals surface area contributed by atoms with E-state index in [4.69, 9.17) is 0 Å². The number of anilines is 1. The first-order valence-corrected chi connectivity index (χ1v) is 7.03. The first-order chi connectivity index (χ1) is 9.65. The number of para-hydroxylation sites is 1. The molecule has 1 atom stereocenters. The van der Waals surface area contributed by atoms with Crippen LogP contribution in [0.4, 0.5) is 5.69 Å². The van der Waals surface area contributed by atoms with Gasteiger partial charge in [-0.25, -0.2) is 9.13 Å². The first kappa shape index (κ1) is 15.6. The van der Waals surface area contributed by atoms with Crippen molar-refractivity contribution >= 4 is 11.5 Å². The lowest BCUT2D eigenvalue weighted by atomic mass is 9.95. The minimum atomic E-state index is -0.0722. The third kappa shape index (κ3) is 3.10. The van der Waals surface area contributed by atoms with E-state index in [0.29, 0.717) is 6.54 Å². The Bertz CT molecular complexity index is 651. The number of ketones is 1. The summed E-state index contributed by atoms with van der Waals surface area (Å²) in [7, 11) is 1.99. The molecular weight excluding hydrogens is 286 g/mol. The molecule has 1 aromatic carbocycles. The molecule has 1 aliphatic heterocycles. The molecule has 0 bridgehead atoms. The number of aromatic nitrogens is 2. The van der Waals surface area contributed by atoms with Crippen molar-refractivity contribution in [3.63, 3.8) is 0 Å². The van der Waals surface area contributed by atoms with Crippen molar-refractivity contribution in [2.45, 2.75) is 32.4 Å². The fraction of sp³-hybridized carbons (Fsp3) is 0.375. The zero-order valence-electron chi connectivity index (χ0n) is 12.3. The number of fused-ring (bicyclic) bond motifs is 1. The summed E-state index contributed by atoms with van der Waals surface area (Å²) in [5.74, 6) is 1.34. The highest BCUT2D eigenvalue weighted by Gasteiger charge is 2.25. The van der Waals surface area contributed by atoms with Gasteiger partial charge in [0.25, 0.3) is 5.82 Å². The van der Waals surface area contributed by atoms with E-state index in [1.165, 1.54) is 5.56 Å². The molecule has 21 heavy (non-hydrogen) atoms. The lowest BCUT2D eigenvalue weighted by Gasteiger charge is -2.25. The van der Waals surface area contributed by atoms with Gasteiger partial charge in [0.2, 0.25) is 0 Å². The molecule has 0 fully saturated rings. The predicted molar refractivity (Wildman–Crippen MR) is 77.5 cm³/mol. The molecule has 5 heteroatoms. The summed E-state index contributed by atoms with van der Waals surface area (Å²) >= 11 is 0. The second-order valence-electron chi connectivity index (χ2n) is 5.44. The molecule has 0 spiro atoms. The number of imidazole rings is 1. The van der Waals surface area contributed by atoms with Gasteiger partial charge < -0.3 is 17.7 Å². The Morgan fingerprint density at radius 2 is 2.19 bits per heavy atom. The van der Waals surface area contributed by atoms with E-state index in [1.807, 2.05) is 47.6 Å². The minimum Gasteiger partial charge on any atom is -1.00 e. The molecule has 3 rings (SSSR count). The monoisotopic (exact) mass is 305 g/mol. The highest BCUT2D eigenvalue weighted by Crippen LogP contribution is 2.24. The van der Waals surface area contributed by atoms with Gasteiger partial charge in [-0.05, 0) is 24.5 Å². The third-order valence-corrected chi connectivity index (χ3v) is 4.16. The number of aryl methyl sites for hydroxylation is 2. The standard InChI is InChI=1S/C16H20N3O.ClH/c1-12-18(2)9-10-19(12)11-16(20)15-8-7-13-5-3-4-6-14(13)17-15;/h3-6,9-10,15,17H,7-8,11H2,1-2H3;1H/q+1;/p-1. The van der Waals surface area contributed by atoms with Crippen LogP contribution in [0.25, 0.3) is 0 Å². The van der Waals surface area contributed by atoms with E-state index >= 15 is 0 Å². The lowest BCUT2D eigenvalue weighted by molar-refractivity contribution is -0.677. The van der Waals surface area contributed by atoms with Crippen molar-refractivity contribution in [2.24, 2.45) is 7.05 Å². The van der Waals surface area contributed by atoms with Crippen LogP contribution in [0.3, 0.4) is 0 Å². The summed E-state index contributed by atoms with van der Waals surface area (Å²) in [6.45, 7) is 2.46. The molecule has 0 radical (unpaired) electrons. The second-order valence-corrected chi connectivity index (χ2v) is 5.44. The Kier molecular flexibility index (Phi) is 4.68. The van der Waals surface area contributed by atoms with Crippen LogP contribution in [0.2, 0.25) is 0 Å². The first-order valence-electron chi connectivity index (χ1n) is 7.03. The normalized spacial score (nSPS) is 16.6. The molecule has 0 saturated heterocycles. The quantitative estimate of drug-likeness (QED) is 0.710. The maximum absolute atomic E-state index is 12.4. The molecule has 0 aliphatic carbocycles. The summed E-state index contributed by atoms with van der Waals surface area (Å²) in [5, 5.41) is 3.37. The van der Waals surface area contributed by atoms with Gasteiger partial charge in [-0.15, -0.1) is 0 Å². The van der Waals surface area contributed by atoms with Gasteiger partial charge in [-0.3, -0.25) is 4.79 Å². The van der Waals surface area contributed by atoms with E-state index in [-0.39, 0.29) is 24.2 Å². The van der Waals surface area contributed by atoms with E-state index in [2.05, 4.69) is 17.4 Å². The fourth-order valence-corrected chi connectivity index (χ4v) is 2.72. The topological polar surface area (TPSA) is 37.9 Å². The molecule has 0 saturated carbocycles. The number of nitrogens with zero attached hydrogens (tertiary/aromatic N) is 2. The molecule has 1 N–H and O–H groups in total. The summed E-state index contributed by atoms with van der Waals surface area (Å²) in [6.07, 6.45) is 5.79. The maximum Gasteiger partial charge on any atom is 0.253 e. The zero-order valence-corrected chi connectivity index (χ0v) is 13.1. The smallest absolute Gasteiger partial charge is 0.253 e. The van der Waals surface area contributed by atoms with Crippen LogP contribution < -0.4 is 22.3 Å². The van der Waals surface area contributed by atoms with E-state index in [9.17, 15) is 4.79 Å². The molecule has 112 valence electrons. The van der Waals surface area contributed by atoms with Crippen molar-refractivity contribution in [3.8, 4) is 0 Å². The van der Waals surface area contributed by atoms with Crippen LogP contribution in [0.1, 0.15) is 17.8 Å². The number of benzene rings is 1. The van der Waals surface area contributed by atoms with Gasteiger partial charge in [-0.1, -0.05) is 18.2 Å². The number of halogens is 1. The highest BCUT2D eigenvalue weighted by atomic mass is 35.5. The number of nitrogens with one attached hydrogen (secondary N) is 1. The summed E-state index contributed by atoms with van der Waals surface area (Å²) in [4.78, 5) is 12.4. The SMILES string of the molecule is Cc1n(CC(=O)C2CCc3ccccc3N2)cc[n+]1C.[Cl-]. The zero-order chi connectivity index (χ0) is 14.1. The van der Waals surface area contributed by atoms with Gasteiger partial charge in [0.1, 0.15) is 12.4 Å². The van der Waals surface area contributed by atoms with Crippen LogP contribution in [0.5, 0.6) is 0 Å². The van der Waals surface area contributed by atoms with Crippen molar-refractivity contribution < 1.29 is 21.8 Å². The van der Waals surface area contributed by atoms with Crippen molar-refractivity contribution in [1.29, 1.82) is 0 Å². The van der Waals surface area contributed by atoms with Gasteiger partial charge in [0, 0.05) is 12.6 Å². The maximum atomic E-state index is 12.4. The number of carbonyl (C=O) groups excluding carboxylic acids is 1. The van der Waals surface area contributed by atoms with Crippen LogP contribution in [-0.4, -0.2) is 16.4 Å². The van der Waals surface area contributed by atoms with Gasteiger partial charge in [0.05, 0.1) is 13.1 Å². The van der Waals surface area contributed by atoms with Crippen molar-refractivity contribution in [1.82, 2.24) is 4.57 Å². The fourth-order valence-electron chi connectivity index (χ4n) is 2.72. The molecule has 1 unspecified atom stereocenters. The Morgan fingerprint density at radius 1 is 1.43 bits per heavy atom. The Labute approximate surface area is 131 Å². The van der Waals surface area contributed by atoms with E-state index in [1.54, 1.807) is 0 Å². The molecule has 2 aromatic rings. The van der Waals surface area contributed by atoms with Gasteiger partial charge in [-0.2, -0.15) is 0 Å². The molecule has 4 nitrogen and oxygen atoms in total. The Balaban J connectivity index is 0.00000161. The Morgan fingerprint density at radius 3 is 2.90 bits per heavy atom.